The third-order valence-corrected chi connectivity index (χ3v) is 1.35. The van der Waals surface area contributed by atoms with E-state index in [1.807, 2.05) is 12.2 Å². The van der Waals surface area contributed by atoms with E-state index >= 15 is 0 Å². The standard InChI is InChI=1S/C10H15F/c1-4-5-6-7-8-10(11)9(2)3/h4-6H,1,7-8H2,2-3H3/b6-5-. The molecule has 0 aromatic rings. The summed E-state index contributed by atoms with van der Waals surface area (Å²) in [7, 11) is 0. The SMILES string of the molecule is C=C/C=C\CCC(F)=C(C)C. The molecule has 0 fully saturated rings. The molecule has 0 N–H and O–H groups in total. The summed E-state index contributed by atoms with van der Waals surface area (Å²) in [5, 5.41) is 0. The highest BCUT2D eigenvalue weighted by atomic mass is 19.1. The number of hydrogen-bond acceptors (Lipinski definition) is 0. The molecular formula is C10H15F. The van der Waals surface area contributed by atoms with Crippen LogP contribution in [0, 0.1) is 0 Å². The maximum Gasteiger partial charge on any atom is 0.0989 e. The normalized spacial score (nSPS) is 10.1. The van der Waals surface area contributed by atoms with E-state index in [0.29, 0.717) is 6.42 Å². The van der Waals surface area contributed by atoms with Gasteiger partial charge in [0.2, 0.25) is 0 Å². The monoisotopic (exact) mass is 154 g/mol. The molecule has 1 heteroatoms. The lowest BCUT2D eigenvalue weighted by Gasteiger charge is -1.94. The molecule has 0 heterocycles. The Labute approximate surface area is 68.1 Å². The van der Waals surface area contributed by atoms with Gasteiger partial charge in [0.1, 0.15) is 0 Å². The number of halogens is 1. The zero-order valence-electron chi connectivity index (χ0n) is 7.23. The molecule has 0 aliphatic carbocycles. The highest BCUT2D eigenvalue weighted by molar-refractivity contribution is 5.04. The Morgan fingerprint density at radius 2 is 2.09 bits per heavy atom. The van der Waals surface area contributed by atoms with Crippen molar-refractivity contribution in [3.8, 4) is 0 Å². The first-order valence-electron chi connectivity index (χ1n) is 3.78. The van der Waals surface area contributed by atoms with Crippen molar-refractivity contribution < 1.29 is 4.39 Å². The van der Waals surface area contributed by atoms with Crippen LogP contribution >= 0.6 is 0 Å². The summed E-state index contributed by atoms with van der Waals surface area (Å²) >= 11 is 0. The topological polar surface area (TPSA) is 0 Å². The van der Waals surface area contributed by atoms with E-state index in [1.165, 1.54) is 0 Å². The van der Waals surface area contributed by atoms with E-state index in [-0.39, 0.29) is 5.83 Å². The molecule has 0 aromatic heterocycles. The lowest BCUT2D eigenvalue weighted by Crippen LogP contribution is -1.77. The predicted molar refractivity (Wildman–Crippen MR) is 48.1 cm³/mol. The maximum absolute atomic E-state index is 12.8. The van der Waals surface area contributed by atoms with E-state index in [1.54, 1.807) is 19.9 Å². The summed E-state index contributed by atoms with van der Waals surface area (Å²) in [4.78, 5) is 0. The van der Waals surface area contributed by atoms with Crippen LogP contribution in [-0.2, 0) is 0 Å². The Morgan fingerprint density at radius 3 is 2.55 bits per heavy atom. The summed E-state index contributed by atoms with van der Waals surface area (Å²) in [6.07, 6.45) is 6.70. The van der Waals surface area contributed by atoms with Gasteiger partial charge in [0.15, 0.2) is 0 Å². The average molecular weight is 154 g/mol. The van der Waals surface area contributed by atoms with Gasteiger partial charge in [-0.3, -0.25) is 0 Å². The van der Waals surface area contributed by atoms with Crippen LogP contribution in [0.25, 0.3) is 0 Å². The van der Waals surface area contributed by atoms with Crippen LogP contribution in [-0.4, -0.2) is 0 Å². The first-order valence-corrected chi connectivity index (χ1v) is 3.78. The van der Waals surface area contributed by atoms with Crippen LogP contribution in [0.5, 0.6) is 0 Å². The van der Waals surface area contributed by atoms with Crippen molar-refractivity contribution in [1.29, 1.82) is 0 Å². The Bertz CT molecular complexity index is 171. The number of hydrogen-bond donors (Lipinski definition) is 0. The maximum atomic E-state index is 12.8. The van der Waals surface area contributed by atoms with Crippen molar-refractivity contribution in [2.75, 3.05) is 0 Å². The van der Waals surface area contributed by atoms with Crippen LogP contribution < -0.4 is 0 Å². The lowest BCUT2D eigenvalue weighted by atomic mass is 10.2. The van der Waals surface area contributed by atoms with Gasteiger partial charge < -0.3 is 0 Å². The zero-order chi connectivity index (χ0) is 8.69. The number of allylic oxidation sites excluding steroid dienone is 5. The van der Waals surface area contributed by atoms with Gasteiger partial charge in [0.05, 0.1) is 5.83 Å². The first-order chi connectivity index (χ1) is 5.18. The highest BCUT2D eigenvalue weighted by Gasteiger charge is 1.93. The van der Waals surface area contributed by atoms with E-state index in [9.17, 15) is 4.39 Å². The molecule has 0 rings (SSSR count). The first kappa shape index (κ1) is 10.2. The van der Waals surface area contributed by atoms with Crippen molar-refractivity contribution in [3.05, 3.63) is 36.2 Å². The molecule has 0 unspecified atom stereocenters. The summed E-state index contributed by atoms with van der Waals surface area (Å²) in [6, 6.07) is 0. The van der Waals surface area contributed by atoms with Crippen LogP contribution in [0.15, 0.2) is 36.2 Å². The molecule has 62 valence electrons. The molecule has 0 radical (unpaired) electrons. The Hall–Kier alpha value is -0.850. The third kappa shape index (κ3) is 5.59. The minimum Gasteiger partial charge on any atom is -0.212 e. The van der Waals surface area contributed by atoms with E-state index in [4.69, 9.17) is 0 Å². The fraction of sp³-hybridized carbons (Fsp3) is 0.400. The minimum atomic E-state index is -0.00119. The van der Waals surface area contributed by atoms with Gasteiger partial charge >= 0.3 is 0 Å². The molecule has 0 aromatic carbocycles. The predicted octanol–water partition coefficient (Wildman–Crippen LogP) is 3.77. The van der Waals surface area contributed by atoms with Gasteiger partial charge in [-0.1, -0.05) is 24.8 Å². The van der Waals surface area contributed by atoms with E-state index < -0.39 is 0 Å². The van der Waals surface area contributed by atoms with Crippen molar-refractivity contribution in [1.82, 2.24) is 0 Å². The molecule has 11 heavy (non-hydrogen) atoms. The fourth-order valence-corrected chi connectivity index (χ4v) is 0.653. The van der Waals surface area contributed by atoms with Gasteiger partial charge in [0, 0.05) is 6.42 Å². The molecule has 0 aliphatic heterocycles. The molecule has 0 aliphatic rings. The van der Waals surface area contributed by atoms with Gasteiger partial charge in [-0.2, -0.15) is 0 Å². The average Bonchev–Trinajstić information content (AvgIpc) is 1.97. The van der Waals surface area contributed by atoms with Gasteiger partial charge in [-0.15, -0.1) is 0 Å². The van der Waals surface area contributed by atoms with E-state index in [0.717, 1.165) is 12.0 Å². The highest BCUT2D eigenvalue weighted by Crippen LogP contribution is 2.11. The quantitative estimate of drug-likeness (QED) is 0.541. The zero-order valence-corrected chi connectivity index (χ0v) is 7.23. The van der Waals surface area contributed by atoms with E-state index in [2.05, 4.69) is 6.58 Å². The second-order valence-corrected chi connectivity index (χ2v) is 2.61. The van der Waals surface area contributed by atoms with Crippen LogP contribution in [0.4, 0.5) is 4.39 Å². The summed E-state index contributed by atoms with van der Waals surface area (Å²) in [6.45, 7) is 7.09. The fourth-order valence-electron chi connectivity index (χ4n) is 0.653. The molecule has 0 amide bonds. The summed E-state index contributed by atoms with van der Waals surface area (Å²) < 4.78 is 12.8. The minimum absolute atomic E-state index is 0.00119. The summed E-state index contributed by atoms with van der Waals surface area (Å²) in [5.41, 5.74) is 0.775. The van der Waals surface area contributed by atoms with Crippen molar-refractivity contribution in [3.63, 3.8) is 0 Å². The van der Waals surface area contributed by atoms with Gasteiger partial charge in [0.25, 0.3) is 0 Å². The van der Waals surface area contributed by atoms with Crippen LogP contribution in [0.1, 0.15) is 26.7 Å². The molecule has 0 saturated carbocycles. The Balaban J connectivity index is 3.63. The molecule has 0 atom stereocenters. The largest absolute Gasteiger partial charge is 0.212 e. The van der Waals surface area contributed by atoms with Crippen LogP contribution in [0.3, 0.4) is 0 Å². The van der Waals surface area contributed by atoms with Gasteiger partial charge in [-0.05, 0) is 25.8 Å². The van der Waals surface area contributed by atoms with Crippen molar-refractivity contribution in [2.24, 2.45) is 0 Å². The Kier molecular flexibility index (Phi) is 5.44. The molecule has 0 bridgehead atoms. The second-order valence-electron chi connectivity index (χ2n) is 2.61. The lowest BCUT2D eigenvalue weighted by molar-refractivity contribution is 0.580. The third-order valence-electron chi connectivity index (χ3n) is 1.35. The number of rotatable bonds is 4. The molecular weight excluding hydrogens is 139 g/mol. The Morgan fingerprint density at radius 1 is 1.45 bits per heavy atom. The smallest absolute Gasteiger partial charge is 0.0989 e. The van der Waals surface area contributed by atoms with Crippen molar-refractivity contribution >= 4 is 0 Å². The summed E-state index contributed by atoms with van der Waals surface area (Å²) in [5.74, 6) is -0.00119. The molecule has 0 saturated heterocycles. The molecule has 0 nitrogen and oxygen atoms in total. The van der Waals surface area contributed by atoms with Crippen molar-refractivity contribution in [2.45, 2.75) is 26.7 Å². The second kappa shape index (κ2) is 5.90. The van der Waals surface area contributed by atoms with Crippen LogP contribution in [0.2, 0.25) is 0 Å². The molecule has 0 spiro atoms. The van der Waals surface area contributed by atoms with Gasteiger partial charge in [-0.25, -0.2) is 4.39 Å².